The van der Waals surface area contributed by atoms with E-state index >= 15 is 0 Å². The molecule has 0 aromatic heterocycles. The minimum absolute atomic E-state index is 0.0106. The van der Waals surface area contributed by atoms with Crippen LogP contribution in [0.1, 0.15) is 36.1 Å². The van der Waals surface area contributed by atoms with Crippen molar-refractivity contribution in [3.63, 3.8) is 0 Å². The van der Waals surface area contributed by atoms with E-state index in [9.17, 15) is 13.2 Å². The molecular formula is C14H20N2O3S. The van der Waals surface area contributed by atoms with Crippen LogP contribution in [0.4, 0.5) is 0 Å². The Hall–Kier alpha value is -1.40. The summed E-state index contributed by atoms with van der Waals surface area (Å²) in [7, 11) is -3.33. The van der Waals surface area contributed by atoms with Crippen LogP contribution in [0.5, 0.6) is 0 Å². The lowest BCUT2D eigenvalue weighted by atomic mass is 10.0. The molecule has 110 valence electrons. The average Bonchev–Trinajstić information content (AvgIpc) is 2.82. The molecule has 1 amide bonds. The number of hydrogen-bond acceptors (Lipinski definition) is 3. The largest absolute Gasteiger partial charge is 0.348 e. The van der Waals surface area contributed by atoms with Gasteiger partial charge < -0.3 is 5.32 Å². The van der Waals surface area contributed by atoms with E-state index in [1.807, 2.05) is 12.1 Å². The number of benzene rings is 1. The molecule has 1 aromatic rings. The molecule has 0 fully saturated rings. The molecule has 20 heavy (non-hydrogen) atoms. The zero-order valence-corrected chi connectivity index (χ0v) is 12.6. The van der Waals surface area contributed by atoms with E-state index in [2.05, 4.69) is 23.0 Å². The molecule has 1 aliphatic rings. The van der Waals surface area contributed by atoms with Crippen molar-refractivity contribution in [2.45, 2.75) is 32.7 Å². The Balaban J connectivity index is 1.96. The highest BCUT2D eigenvalue weighted by molar-refractivity contribution is 7.89. The van der Waals surface area contributed by atoms with Crippen LogP contribution in [0.2, 0.25) is 0 Å². The van der Waals surface area contributed by atoms with Crippen LogP contribution >= 0.6 is 0 Å². The number of aryl methyl sites for hydroxylation is 1. The third kappa shape index (κ3) is 3.37. The smallest absolute Gasteiger partial charge is 0.235 e. The first kappa shape index (κ1) is 15.0. The van der Waals surface area contributed by atoms with Crippen LogP contribution < -0.4 is 10.0 Å². The molecule has 0 bridgehead atoms. The van der Waals surface area contributed by atoms with Gasteiger partial charge in [0.25, 0.3) is 0 Å². The number of rotatable bonds is 5. The number of hydrogen-bond donors (Lipinski definition) is 2. The highest BCUT2D eigenvalue weighted by Gasteiger charge is 2.24. The molecule has 0 saturated carbocycles. The van der Waals surface area contributed by atoms with E-state index in [0.29, 0.717) is 0 Å². The molecule has 0 radical (unpaired) electrons. The van der Waals surface area contributed by atoms with Crippen molar-refractivity contribution in [2.75, 3.05) is 12.3 Å². The van der Waals surface area contributed by atoms with Gasteiger partial charge in [0, 0.05) is 0 Å². The van der Waals surface area contributed by atoms with Gasteiger partial charge in [-0.05, 0) is 43.4 Å². The van der Waals surface area contributed by atoms with Crippen LogP contribution in [-0.4, -0.2) is 26.6 Å². The third-order valence-corrected chi connectivity index (χ3v) is 5.02. The van der Waals surface area contributed by atoms with Crippen molar-refractivity contribution in [3.8, 4) is 0 Å². The minimum atomic E-state index is -3.33. The van der Waals surface area contributed by atoms with Crippen molar-refractivity contribution >= 4 is 15.9 Å². The zero-order valence-electron chi connectivity index (χ0n) is 11.8. The van der Waals surface area contributed by atoms with Crippen molar-refractivity contribution in [1.82, 2.24) is 10.0 Å². The standard InChI is InChI=1S/C14H20N2O3S/c1-3-20(18,19)15-9-14(17)16-13-8-7-11-10(2)5-4-6-12(11)13/h4-6,13,15H,3,7-9H2,1-2H3,(H,16,17)/t13-/m0/s1. The summed E-state index contributed by atoms with van der Waals surface area (Å²) in [6, 6.07) is 6.07. The van der Waals surface area contributed by atoms with Crippen molar-refractivity contribution in [2.24, 2.45) is 0 Å². The Morgan fingerprint density at radius 3 is 2.85 bits per heavy atom. The van der Waals surface area contributed by atoms with E-state index in [4.69, 9.17) is 0 Å². The van der Waals surface area contributed by atoms with Gasteiger partial charge in [-0.2, -0.15) is 0 Å². The maximum Gasteiger partial charge on any atom is 0.235 e. The van der Waals surface area contributed by atoms with Crippen LogP contribution in [0, 0.1) is 6.92 Å². The van der Waals surface area contributed by atoms with Crippen LogP contribution in [0.3, 0.4) is 0 Å². The maximum atomic E-state index is 11.8. The zero-order chi connectivity index (χ0) is 14.8. The summed E-state index contributed by atoms with van der Waals surface area (Å²) in [4.78, 5) is 11.8. The Bertz CT molecular complexity index is 611. The molecule has 5 nitrogen and oxygen atoms in total. The lowest BCUT2D eigenvalue weighted by Crippen LogP contribution is -2.38. The van der Waals surface area contributed by atoms with Gasteiger partial charge in [-0.3, -0.25) is 4.79 Å². The molecule has 2 rings (SSSR count). The summed E-state index contributed by atoms with van der Waals surface area (Å²) in [6.07, 6.45) is 1.82. The predicted molar refractivity (Wildman–Crippen MR) is 77.8 cm³/mol. The molecule has 1 aromatic carbocycles. The maximum absolute atomic E-state index is 11.8. The topological polar surface area (TPSA) is 75.3 Å². The first-order valence-corrected chi connectivity index (χ1v) is 8.43. The fourth-order valence-corrected chi connectivity index (χ4v) is 3.07. The molecule has 0 heterocycles. The summed E-state index contributed by atoms with van der Waals surface area (Å²) >= 11 is 0. The molecule has 0 saturated heterocycles. The molecule has 0 aliphatic heterocycles. The monoisotopic (exact) mass is 296 g/mol. The summed E-state index contributed by atoms with van der Waals surface area (Å²) < 4.78 is 24.9. The molecule has 0 unspecified atom stereocenters. The fraction of sp³-hybridized carbons (Fsp3) is 0.500. The second kappa shape index (κ2) is 5.93. The van der Waals surface area contributed by atoms with Gasteiger partial charge in [-0.15, -0.1) is 0 Å². The summed E-state index contributed by atoms with van der Waals surface area (Å²) in [5, 5.41) is 2.89. The van der Waals surface area contributed by atoms with E-state index in [0.717, 1.165) is 18.4 Å². The van der Waals surface area contributed by atoms with Gasteiger partial charge in [0.1, 0.15) is 0 Å². The van der Waals surface area contributed by atoms with Crippen LogP contribution in [0.15, 0.2) is 18.2 Å². The van der Waals surface area contributed by atoms with Crippen molar-refractivity contribution in [3.05, 3.63) is 34.9 Å². The normalized spacial score (nSPS) is 17.8. The van der Waals surface area contributed by atoms with Crippen LogP contribution in [0.25, 0.3) is 0 Å². The quantitative estimate of drug-likeness (QED) is 0.852. The number of sulfonamides is 1. The molecular weight excluding hydrogens is 276 g/mol. The Labute approximate surface area is 119 Å². The Kier molecular flexibility index (Phi) is 4.45. The summed E-state index contributed by atoms with van der Waals surface area (Å²) in [5.41, 5.74) is 3.69. The molecule has 6 heteroatoms. The summed E-state index contributed by atoms with van der Waals surface area (Å²) in [6.45, 7) is 3.41. The van der Waals surface area contributed by atoms with Crippen LogP contribution in [-0.2, 0) is 21.2 Å². The summed E-state index contributed by atoms with van der Waals surface area (Å²) in [5.74, 6) is -0.312. The highest BCUT2D eigenvalue weighted by atomic mass is 32.2. The number of nitrogens with one attached hydrogen (secondary N) is 2. The fourth-order valence-electron chi connectivity index (χ4n) is 2.51. The minimum Gasteiger partial charge on any atom is -0.348 e. The van der Waals surface area contributed by atoms with Gasteiger partial charge in [-0.1, -0.05) is 18.2 Å². The van der Waals surface area contributed by atoms with E-state index < -0.39 is 10.0 Å². The lowest BCUT2D eigenvalue weighted by molar-refractivity contribution is -0.120. The van der Waals surface area contributed by atoms with Crippen molar-refractivity contribution < 1.29 is 13.2 Å². The van der Waals surface area contributed by atoms with E-state index in [-0.39, 0.29) is 24.2 Å². The number of amides is 1. The van der Waals surface area contributed by atoms with Crippen molar-refractivity contribution in [1.29, 1.82) is 0 Å². The SMILES string of the molecule is CCS(=O)(=O)NCC(=O)N[C@H]1CCc2c(C)cccc21. The number of carbonyl (C=O) groups excluding carboxylic acids is 1. The number of carbonyl (C=O) groups is 1. The molecule has 0 spiro atoms. The predicted octanol–water partition coefficient (Wildman–Crippen LogP) is 1.04. The van der Waals surface area contributed by atoms with Gasteiger partial charge in [0.2, 0.25) is 15.9 Å². The highest BCUT2D eigenvalue weighted by Crippen LogP contribution is 2.32. The van der Waals surface area contributed by atoms with E-state index in [1.165, 1.54) is 18.1 Å². The van der Waals surface area contributed by atoms with Gasteiger partial charge >= 0.3 is 0 Å². The first-order valence-electron chi connectivity index (χ1n) is 6.78. The second-order valence-electron chi connectivity index (χ2n) is 5.03. The number of fused-ring (bicyclic) bond motifs is 1. The third-order valence-electron chi connectivity index (χ3n) is 3.67. The first-order chi connectivity index (χ1) is 9.43. The molecule has 2 N–H and O–H groups in total. The van der Waals surface area contributed by atoms with Gasteiger partial charge in [0.05, 0.1) is 18.3 Å². The Morgan fingerprint density at radius 2 is 2.15 bits per heavy atom. The second-order valence-corrected chi connectivity index (χ2v) is 7.12. The van der Waals surface area contributed by atoms with E-state index in [1.54, 1.807) is 0 Å². The molecule has 1 atom stereocenters. The van der Waals surface area contributed by atoms with Gasteiger partial charge in [-0.25, -0.2) is 13.1 Å². The average molecular weight is 296 g/mol. The molecule has 1 aliphatic carbocycles. The lowest BCUT2D eigenvalue weighted by Gasteiger charge is -2.14. The van der Waals surface area contributed by atoms with Gasteiger partial charge in [0.15, 0.2) is 0 Å². The Morgan fingerprint density at radius 1 is 1.40 bits per heavy atom.